The van der Waals surface area contributed by atoms with E-state index in [1.165, 1.54) is 25.7 Å². The van der Waals surface area contributed by atoms with Gasteiger partial charge in [0, 0.05) is 14.8 Å². The molecule has 2 aliphatic carbocycles. The number of ether oxygens (including phenoxy) is 1. The summed E-state index contributed by atoms with van der Waals surface area (Å²) in [5, 5.41) is 10.8. The van der Waals surface area contributed by atoms with Crippen molar-refractivity contribution in [1.82, 2.24) is 4.98 Å². The van der Waals surface area contributed by atoms with E-state index in [0.717, 1.165) is 33.4 Å². The second-order valence-corrected chi connectivity index (χ2v) is 8.60. The van der Waals surface area contributed by atoms with Crippen molar-refractivity contribution in [3.05, 3.63) is 26.1 Å². The summed E-state index contributed by atoms with van der Waals surface area (Å²) < 4.78 is 6.09. The van der Waals surface area contributed by atoms with Crippen LogP contribution in [0, 0.1) is 8.99 Å². The largest absolute Gasteiger partial charge is 0.462 e. The van der Waals surface area contributed by atoms with E-state index < -0.39 is 6.10 Å². The normalized spacial score (nSPS) is 22.0. The van der Waals surface area contributed by atoms with Crippen molar-refractivity contribution in [3.63, 3.8) is 0 Å². The molecule has 0 saturated heterocycles. The van der Waals surface area contributed by atoms with Gasteiger partial charge in [-0.3, -0.25) is 4.98 Å². The lowest BCUT2D eigenvalue weighted by Gasteiger charge is -2.38. The van der Waals surface area contributed by atoms with Crippen LogP contribution in [-0.4, -0.2) is 22.7 Å². The van der Waals surface area contributed by atoms with E-state index in [1.54, 1.807) is 0 Å². The van der Waals surface area contributed by atoms with Crippen LogP contribution in [0.3, 0.4) is 0 Å². The lowest BCUT2D eigenvalue weighted by atomic mass is 9.70. The number of carbonyl (C=O) groups is 1. The second kappa shape index (κ2) is 6.90. The Labute approximate surface area is 157 Å². The molecule has 0 amide bonds. The number of rotatable bonds is 3. The molecule has 1 aromatic heterocycles. The summed E-state index contributed by atoms with van der Waals surface area (Å²) >= 11 is 2.20. The lowest BCUT2D eigenvalue weighted by molar-refractivity contribution is 0.0520. The van der Waals surface area contributed by atoms with Crippen molar-refractivity contribution >= 4 is 28.6 Å². The van der Waals surface area contributed by atoms with Crippen molar-refractivity contribution < 1.29 is 14.6 Å². The number of pyridine rings is 1. The van der Waals surface area contributed by atoms with Crippen molar-refractivity contribution in [2.45, 2.75) is 71.3 Å². The maximum atomic E-state index is 12.5. The number of fused-ring (bicyclic) bond motifs is 1. The average Bonchev–Trinajstić information content (AvgIpc) is 2.93. The van der Waals surface area contributed by atoms with Gasteiger partial charge in [-0.1, -0.05) is 26.7 Å². The highest BCUT2D eigenvalue weighted by molar-refractivity contribution is 14.1. The lowest BCUT2D eigenvalue weighted by Crippen LogP contribution is -2.32. The molecule has 1 unspecified atom stereocenters. The molecule has 1 saturated carbocycles. The molecule has 0 aliphatic heterocycles. The molecule has 1 N–H and O–H groups in total. The van der Waals surface area contributed by atoms with E-state index in [-0.39, 0.29) is 17.3 Å². The van der Waals surface area contributed by atoms with Crippen LogP contribution in [0.15, 0.2) is 0 Å². The Hall–Kier alpha value is -0.690. The molecule has 0 bridgehead atoms. The standard InChI is InChI=1S/C19H26INO3/c1-4-24-18(23)15-16(20)14-12(21-17(15)11(2)3)9-19(10-13(14)22)7-5-6-8-19/h11,13,22H,4-10H2,1-3H3. The SMILES string of the molecule is CCOC(=O)c1c(C(C)C)nc2c(c1I)C(O)CC1(CCCC1)C2. The zero-order chi connectivity index (χ0) is 17.5. The van der Waals surface area contributed by atoms with Gasteiger partial charge in [-0.05, 0) is 66.5 Å². The first-order valence-electron chi connectivity index (χ1n) is 8.96. The summed E-state index contributed by atoms with van der Waals surface area (Å²) in [5.74, 6) is -0.184. The van der Waals surface area contributed by atoms with Crippen LogP contribution in [0.25, 0.3) is 0 Å². The molecule has 0 radical (unpaired) electrons. The molecular formula is C19H26INO3. The van der Waals surface area contributed by atoms with E-state index in [0.29, 0.717) is 12.2 Å². The molecule has 1 heterocycles. The van der Waals surface area contributed by atoms with E-state index >= 15 is 0 Å². The minimum Gasteiger partial charge on any atom is -0.462 e. The Kier molecular flexibility index (Phi) is 5.21. The zero-order valence-electron chi connectivity index (χ0n) is 14.7. The molecule has 3 rings (SSSR count). The molecule has 5 heteroatoms. The number of carbonyl (C=O) groups excluding carboxylic acids is 1. The number of aromatic nitrogens is 1. The molecule has 2 aliphatic rings. The number of aliphatic hydroxyl groups excluding tert-OH is 1. The van der Waals surface area contributed by atoms with Crippen LogP contribution < -0.4 is 0 Å². The van der Waals surface area contributed by atoms with Crippen LogP contribution >= 0.6 is 22.6 Å². The van der Waals surface area contributed by atoms with Gasteiger partial charge in [0.05, 0.1) is 24.0 Å². The van der Waals surface area contributed by atoms with Gasteiger partial charge in [-0.15, -0.1) is 0 Å². The summed E-state index contributed by atoms with van der Waals surface area (Å²) in [4.78, 5) is 17.4. The second-order valence-electron chi connectivity index (χ2n) is 7.53. The van der Waals surface area contributed by atoms with E-state index in [2.05, 4.69) is 36.4 Å². The quantitative estimate of drug-likeness (QED) is 0.551. The molecular weight excluding hydrogens is 417 g/mol. The number of hydrogen-bond donors (Lipinski definition) is 1. The highest BCUT2D eigenvalue weighted by Gasteiger charge is 2.43. The predicted molar refractivity (Wildman–Crippen MR) is 101 cm³/mol. The third-order valence-corrected chi connectivity index (χ3v) is 6.59. The van der Waals surface area contributed by atoms with Crippen molar-refractivity contribution in [1.29, 1.82) is 0 Å². The molecule has 4 nitrogen and oxygen atoms in total. The molecule has 24 heavy (non-hydrogen) atoms. The first-order chi connectivity index (χ1) is 11.4. The maximum absolute atomic E-state index is 12.5. The summed E-state index contributed by atoms with van der Waals surface area (Å²) in [6.45, 7) is 6.26. The molecule has 1 aromatic rings. The van der Waals surface area contributed by atoms with E-state index in [9.17, 15) is 9.90 Å². The van der Waals surface area contributed by atoms with Crippen LogP contribution in [0.1, 0.15) is 92.2 Å². The van der Waals surface area contributed by atoms with Crippen molar-refractivity contribution in [3.8, 4) is 0 Å². The van der Waals surface area contributed by atoms with Crippen molar-refractivity contribution in [2.24, 2.45) is 5.41 Å². The molecule has 1 atom stereocenters. The first-order valence-corrected chi connectivity index (χ1v) is 10.0. The summed E-state index contributed by atoms with van der Waals surface area (Å²) in [7, 11) is 0. The average molecular weight is 443 g/mol. The highest BCUT2D eigenvalue weighted by Crippen LogP contribution is 2.52. The first kappa shape index (κ1) is 18.1. The topological polar surface area (TPSA) is 59.4 Å². The number of hydrogen-bond acceptors (Lipinski definition) is 4. The molecule has 1 fully saturated rings. The third-order valence-electron chi connectivity index (χ3n) is 5.47. The molecule has 0 aromatic carbocycles. The summed E-state index contributed by atoms with van der Waals surface area (Å²) in [6, 6.07) is 0. The van der Waals surface area contributed by atoms with Gasteiger partial charge in [-0.25, -0.2) is 4.79 Å². The Bertz CT molecular complexity index is 651. The number of halogens is 1. The monoisotopic (exact) mass is 443 g/mol. The fourth-order valence-corrected chi connectivity index (χ4v) is 5.54. The smallest absolute Gasteiger partial charge is 0.341 e. The van der Waals surface area contributed by atoms with Gasteiger partial charge in [0.25, 0.3) is 0 Å². The van der Waals surface area contributed by atoms with Crippen LogP contribution in [0.5, 0.6) is 0 Å². The van der Waals surface area contributed by atoms with Gasteiger partial charge in [0.2, 0.25) is 0 Å². The van der Waals surface area contributed by atoms with Gasteiger partial charge < -0.3 is 9.84 Å². The van der Waals surface area contributed by atoms with Crippen LogP contribution in [0.2, 0.25) is 0 Å². The summed E-state index contributed by atoms with van der Waals surface area (Å²) in [5.41, 5.74) is 3.42. The molecule has 1 spiro atoms. The maximum Gasteiger partial charge on any atom is 0.341 e. The Morgan fingerprint density at radius 2 is 2.08 bits per heavy atom. The zero-order valence-corrected chi connectivity index (χ0v) is 16.9. The van der Waals surface area contributed by atoms with E-state index in [4.69, 9.17) is 9.72 Å². The van der Waals surface area contributed by atoms with E-state index in [1.807, 2.05) is 6.92 Å². The minimum absolute atomic E-state index is 0.141. The highest BCUT2D eigenvalue weighted by atomic mass is 127. The number of aliphatic hydroxyl groups is 1. The van der Waals surface area contributed by atoms with Gasteiger partial charge in [-0.2, -0.15) is 0 Å². The number of esters is 1. The predicted octanol–water partition coefficient (Wildman–Crippen LogP) is 4.53. The number of nitrogens with zero attached hydrogens (tertiary/aromatic N) is 1. The fraction of sp³-hybridized carbons (Fsp3) is 0.684. The fourth-order valence-electron chi connectivity index (χ4n) is 4.37. The van der Waals surface area contributed by atoms with Gasteiger partial charge >= 0.3 is 5.97 Å². The van der Waals surface area contributed by atoms with Gasteiger partial charge in [0.1, 0.15) is 0 Å². The summed E-state index contributed by atoms with van der Waals surface area (Å²) in [6.07, 6.45) is 6.05. The Morgan fingerprint density at radius 1 is 1.42 bits per heavy atom. The minimum atomic E-state index is -0.527. The van der Waals surface area contributed by atoms with Crippen LogP contribution in [-0.2, 0) is 11.2 Å². The Balaban J connectivity index is 2.12. The Morgan fingerprint density at radius 3 is 2.67 bits per heavy atom. The van der Waals surface area contributed by atoms with Crippen molar-refractivity contribution in [2.75, 3.05) is 6.61 Å². The van der Waals surface area contributed by atoms with Gasteiger partial charge in [0.15, 0.2) is 0 Å². The third kappa shape index (κ3) is 3.09. The molecule has 132 valence electrons. The van der Waals surface area contributed by atoms with Crippen LogP contribution in [0.4, 0.5) is 0 Å².